The van der Waals surface area contributed by atoms with Crippen molar-refractivity contribution in [3.8, 4) is 0 Å². The summed E-state index contributed by atoms with van der Waals surface area (Å²) in [6.07, 6.45) is 0.887. The summed E-state index contributed by atoms with van der Waals surface area (Å²) in [5.41, 5.74) is 2.94. The Kier molecular flexibility index (Phi) is 7.57. The molecule has 29 heavy (non-hydrogen) atoms. The van der Waals surface area contributed by atoms with Crippen LogP contribution in [0.2, 0.25) is 0 Å². The molecular weight excluding hydrogens is 380 g/mol. The molecule has 0 bridgehead atoms. The number of nitrogens with zero attached hydrogens (tertiary/aromatic N) is 2. The zero-order valence-electron chi connectivity index (χ0n) is 19.3. The number of carbonyl (C=O) groups excluding carboxylic acids is 1. The van der Waals surface area contributed by atoms with Gasteiger partial charge in [0, 0.05) is 5.56 Å². The maximum Gasteiger partial charge on any atom is 0.257 e. The third-order valence-electron chi connectivity index (χ3n) is 5.31. The van der Waals surface area contributed by atoms with Crippen molar-refractivity contribution < 1.29 is 9.69 Å². The van der Waals surface area contributed by atoms with Gasteiger partial charge in [0.15, 0.2) is 0 Å². The average Bonchev–Trinajstić information content (AvgIpc) is 3.08. The Morgan fingerprint density at radius 1 is 0.966 bits per heavy atom. The van der Waals surface area contributed by atoms with Gasteiger partial charge in [0.05, 0.1) is 26.1 Å². The first-order valence-corrected chi connectivity index (χ1v) is 11.4. The van der Waals surface area contributed by atoms with E-state index in [1.54, 1.807) is 4.90 Å². The van der Waals surface area contributed by atoms with Crippen LogP contribution in [0, 0.1) is 0 Å². The number of hydrogen-bond donors (Lipinski definition) is 2. The summed E-state index contributed by atoms with van der Waals surface area (Å²) in [6.45, 7) is 20.7. The number of benzene rings is 1. The van der Waals surface area contributed by atoms with Crippen molar-refractivity contribution in [1.82, 2.24) is 10.2 Å². The molecule has 0 fully saturated rings. The summed E-state index contributed by atoms with van der Waals surface area (Å²) in [7, 11) is 0. The molecule has 1 aromatic heterocycles. The highest BCUT2D eigenvalue weighted by Gasteiger charge is 2.22. The number of amides is 1. The van der Waals surface area contributed by atoms with Crippen LogP contribution in [0.4, 0.5) is 5.13 Å². The lowest BCUT2D eigenvalue weighted by atomic mass is 9.79. The molecule has 2 aromatic rings. The van der Waals surface area contributed by atoms with E-state index in [0.29, 0.717) is 10.7 Å². The van der Waals surface area contributed by atoms with E-state index in [1.807, 2.05) is 12.1 Å². The summed E-state index contributed by atoms with van der Waals surface area (Å²) in [5, 5.41) is 12.9. The summed E-state index contributed by atoms with van der Waals surface area (Å²) in [6, 6.07) is 6.21. The number of nitrogens with one attached hydrogen (secondary N) is 2. The number of aromatic nitrogens is 2. The van der Waals surface area contributed by atoms with E-state index in [2.05, 4.69) is 77.0 Å². The molecule has 5 nitrogen and oxygen atoms in total. The predicted octanol–water partition coefficient (Wildman–Crippen LogP) is 3.85. The Balaban J connectivity index is 2.18. The molecule has 160 valence electrons. The monoisotopic (exact) mass is 417 g/mol. The van der Waals surface area contributed by atoms with E-state index in [1.165, 1.54) is 11.3 Å². The second kappa shape index (κ2) is 9.35. The molecule has 0 spiro atoms. The van der Waals surface area contributed by atoms with E-state index in [-0.39, 0.29) is 16.7 Å². The van der Waals surface area contributed by atoms with Crippen molar-refractivity contribution in [1.29, 1.82) is 0 Å². The van der Waals surface area contributed by atoms with E-state index >= 15 is 0 Å². The molecule has 0 unspecified atom stereocenters. The van der Waals surface area contributed by atoms with Gasteiger partial charge >= 0.3 is 0 Å². The number of carbonyl (C=O) groups is 1. The smallest absolute Gasteiger partial charge is 0.257 e. The lowest BCUT2D eigenvalue weighted by molar-refractivity contribution is -0.896. The van der Waals surface area contributed by atoms with E-state index < -0.39 is 0 Å². The zero-order valence-corrected chi connectivity index (χ0v) is 20.1. The van der Waals surface area contributed by atoms with Crippen LogP contribution in [-0.2, 0) is 17.3 Å². The van der Waals surface area contributed by atoms with Gasteiger partial charge < -0.3 is 4.90 Å². The van der Waals surface area contributed by atoms with Crippen LogP contribution in [0.25, 0.3) is 0 Å². The number of rotatable bonds is 7. The Hall–Kier alpha value is -1.79. The summed E-state index contributed by atoms with van der Waals surface area (Å²) in [4.78, 5) is 14.5. The Labute approximate surface area is 179 Å². The van der Waals surface area contributed by atoms with Crippen molar-refractivity contribution in [2.24, 2.45) is 0 Å². The molecule has 0 aliphatic rings. The van der Waals surface area contributed by atoms with Crippen molar-refractivity contribution in [2.45, 2.75) is 72.6 Å². The van der Waals surface area contributed by atoms with Crippen molar-refractivity contribution in [3.63, 3.8) is 0 Å². The van der Waals surface area contributed by atoms with Crippen molar-refractivity contribution >= 4 is 22.4 Å². The first kappa shape index (κ1) is 23.5. The van der Waals surface area contributed by atoms with Crippen LogP contribution in [0.15, 0.2) is 18.2 Å². The summed E-state index contributed by atoms with van der Waals surface area (Å²) >= 11 is 1.47. The maximum atomic E-state index is 13.0. The maximum absolute atomic E-state index is 13.0. The molecule has 0 saturated carbocycles. The first-order valence-electron chi connectivity index (χ1n) is 10.6. The van der Waals surface area contributed by atoms with Crippen molar-refractivity contribution in [3.05, 3.63) is 39.9 Å². The van der Waals surface area contributed by atoms with Gasteiger partial charge in [0.1, 0.15) is 5.01 Å². The third-order valence-corrected chi connectivity index (χ3v) is 6.21. The Bertz CT molecular complexity index is 794. The Morgan fingerprint density at radius 3 is 2.00 bits per heavy atom. The normalized spacial score (nSPS) is 12.4. The van der Waals surface area contributed by atoms with E-state index in [9.17, 15) is 4.79 Å². The van der Waals surface area contributed by atoms with Gasteiger partial charge in [-0.15, -0.1) is 10.2 Å². The standard InChI is InChI=1S/C23H36N4OS/c1-9-27(10-2)12-11-19-25-26-21(29-19)24-20(28)16-13-17(22(3,4)5)15-18(14-16)23(6,7)8/h13-15H,9-12H2,1-8H3,(H,24,26,28)/p+1. The van der Waals surface area contributed by atoms with E-state index in [0.717, 1.165) is 42.2 Å². The lowest BCUT2D eigenvalue weighted by Gasteiger charge is -2.26. The van der Waals surface area contributed by atoms with Crippen LogP contribution in [-0.4, -0.2) is 35.7 Å². The van der Waals surface area contributed by atoms with Crippen LogP contribution in [0.3, 0.4) is 0 Å². The highest BCUT2D eigenvalue weighted by atomic mass is 32.1. The van der Waals surface area contributed by atoms with Crippen LogP contribution in [0.5, 0.6) is 0 Å². The SMILES string of the molecule is CC[NH+](CC)CCc1nnc(NC(=O)c2cc(C(C)(C)C)cc(C(C)(C)C)c2)s1. The number of hydrogen-bond acceptors (Lipinski definition) is 4. The fourth-order valence-corrected chi connectivity index (χ4v) is 3.82. The van der Waals surface area contributed by atoms with Crippen LogP contribution in [0.1, 0.15) is 81.9 Å². The molecule has 0 saturated heterocycles. The molecule has 0 aliphatic carbocycles. The molecule has 2 rings (SSSR count). The minimum atomic E-state index is -0.126. The molecule has 1 amide bonds. The van der Waals surface area contributed by atoms with Gasteiger partial charge in [0.25, 0.3) is 5.91 Å². The van der Waals surface area contributed by atoms with Gasteiger partial charge in [-0.05, 0) is 47.9 Å². The predicted molar refractivity (Wildman–Crippen MR) is 122 cm³/mol. The van der Waals surface area contributed by atoms with Gasteiger partial charge in [-0.3, -0.25) is 10.1 Å². The molecule has 0 atom stereocenters. The molecular formula is C23H37N4OS+. The quantitative estimate of drug-likeness (QED) is 0.719. The highest BCUT2D eigenvalue weighted by molar-refractivity contribution is 7.15. The first-order chi connectivity index (χ1) is 13.4. The molecule has 1 heterocycles. The number of quaternary nitrogens is 1. The van der Waals surface area contributed by atoms with Crippen LogP contribution < -0.4 is 10.2 Å². The topological polar surface area (TPSA) is 59.3 Å². The van der Waals surface area contributed by atoms with Gasteiger partial charge in [-0.1, -0.05) is 58.9 Å². The molecule has 0 radical (unpaired) electrons. The van der Waals surface area contributed by atoms with Gasteiger partial charge in [-0.25, -0.2) is 0 Å². The van der Waals surface area contributed by atoms with Gasteiger partial charge in [0.2, 0.25) is 5.13 Å². The average molecular weight is 418 g/mol. The third kappa shape index (κ3) is 6.61. The molecule has 2 N–H and O–H groups in total. The Morgan fingerprint density at radius 2 is 1.52 bits per heavy atom. The zero-order chi connectivity index (χ0) is 21.8. The van der Waals surface area contributed by atoms with Crippen LogP contribution >= 0.6 is 11.3 Å². The second-order valence-corrected chi connectivity index (χ2v) is 10.8. The molecule has 6 heteroatoms. The largest absolute Gasteiger partial charge is 0.335 e. The lowest BCUT2D eigenvalue weighted by Crippen LogP contribution is -3.11. The number of likely N-dealkylation sites (N-methyl/N-ethyl adjacent to an activating group) is 1. The minimum absolute atomic E-state index is 0.0288. The minimum Gasteiger partial charge on any atom is -0.335 e. The molecule has 1 aromatic carbocycles. The fraction of sp³-hybridized carbons (Fsp3) is 0.609. The van der Waals surface area contributed by atoms with Crippen molar-refractivity contribution in [2.75, 3.05) is 25.0 Å². The molecule has 0 aliphatic heterocycles. The van der Waals surface area contributed by atoms with Gasteiger partial charge in [-0.2, -0.15) is 0 Å². The second-order valence-electron chi connectivity index (χ2n) is 9.71. The summed E-state index contributed by atoms with van der Waals surface area (Å²) in [5.74, 6) is -0.126. The van der Waals surface area contributed by atoms with E-state index in [4.69, 9.17) is 0 Å². The number of anilines is 1. The summed E-state index contributed by atoms with van der Waals surface area (Å²) < 4.78 is 0. The highest BCUT2D eigenvalue weighted by Crippen LogP contribution is 2.30. The fourth-order valence-electron chi connectivity index (χ4n) is 3.09.